The van der Waals surface area contributed by atoms with Crippen molar-refractivity contribution in [2.45, 2.75) is 19.9 Å². The zero-order chi connectivity index (χ0) is 21.4. The third-order valence-electron chi connectivity index (χ3n) is 5.37. The molecule has 3 heterocycles. The van der Waals surface area contributed by atoms with E-state index in [0.29, 0.717) is 11.4 Å². The Labute approximate surface area is 175 Å². The zero-order valence-corrected chi connectivity index (χ0v) is 17.7. The molecule has 3 aromatic rings. The van der Waals surface area contributed by atoms with Gasteiger partial charge in [-0.25, -0.2) is 15.0 Å². The molecule has 1 aromatic carbocycles. The third-order valence-corrected chi connectivity index (χ3v) is 5.37. The fourth-order valence-electron chi connectivity index (χ4n) is 3.73. The average molecular weight is 403 g/mol. The lowest BCUT2D eigenvalue weighted by Gasteiger charge is -2.27. The van der Waals surface area contributed by atoms with E-state index >= 15 is 0 Å². The molecule has 0 radical (unpaired) electrons. The third kappa shape index (κ3) is 3.73. The lowest BCUT2D eigenvalue weighted by molar-refractivity contribution is 0.0821. The number of nitrogens with two attached hydrogens (primary N) is 1. The molecule has 4 rings (SSSR count). The SMILES string of the molecule is Cc1cc(-c2cnc(N)c(-c3cnc(C(=O)N(C)C)cn3)n2)cc2c1CCN(C)C2. The van der Waals surface area contributed by atoms with Crippen molar-refractivity contribution in [2.75, 3.05) is 33.4 Å². The van der Waals surface area contributed by atoms with E-state index < -0.39 is 0 Å². The summed E-state index contributed by atoms with van der Waals surface area (Å²) in [5.41, 5.74) is 13.0. The lowest BCUT2D eigenvalue weighted by Crippen LogP contribution is -2.27. The number of aromatic nitrogens is 4. The van der Waals surface area contributed by atoms with Gasteiger partial charge in [-0.15, -0.1) is 0 Å². The number of carbonyl (C=O) groups is 1. The summed E-state index contributed by atoms with van der Waals surface area (Å²) >= 11 is 0. The second-order valence-corrected chi connectivity index (χ2v) is 7.89. The molecule has 2 aromatic heterocycles. The summed E-state index contributed by atoms with van der Waals surface area (Å²) in [4.78, 5) is 33.4. The molecule has 1 aliphatic rings. The molecule has 0 spiro atoms. The Balaban J connectivity index is 1.72. The van der Waals surface area contributed by atoms with Gasteiger partial charge in [0.15, 0.2) is 5.82 Å². The van der Waals surface area contributed by atoms with Crippen LogP contribution in [-0.2, 0) is 13.0 Å². The van der Waals surface area contributed by atoms with E-state index in [1.165, 1.54) is 34.0 Å². The second-order valence-electron chi connectivity index (χ2n) is 7.89. The van der Waals surface area contributed by atoms with Crippen LogP contribution in [0.1, 0.15) is 27.2 Å². The zero-order valence-electron chi connectivity index (χ0n) is 17.7. The first-order chi connectivity index (χ1) is 14.3. The maximum atomic E-state index is 12.0. The smallest absolute Gasteiger partial charge is 0.273 e. The van der Waals surface area contributed by atoms with E-state index in [1.54, 1.807) is 20.3 Å². The highest BCUT2D eigenvalue weighted by Crippen LogP contribution is 2.30. The fraction of sp³-hybridized carbons (Fsp3) is 0.318. The van der Waals surface area contributed by atoms with Crippen LogP contribution in [0.15, 0.2) is 30.7 Å². The van der Waals surface area contributed by atoms with E-state index in [-0.39, 0.29) is 17.4 Å². The summed E-state index contributed by atoms with van der Waals surface area (Å²) in [5.74, 6) is 0.0607. The summed E-state index contributed by atoms with van der Waals surface area (Å²) in [6.45, 7) is 4.14. The van der Waals surface area contributed by atoms with Gasteiger partial charge < -0.3 is 15.5 Å². The van der Waals surface area contributed by atoms with Crippen LogP contribution in [0.4, 0.5) is 5.82 Å². The Morgan fingerprint density at radius 1 is 1.10 bits per heavy atom. The molecular weight excluding hydrogens is 378 g/mol. The number of anilines is 1. The van der Waals surface area contributed by atoms with E-state index in [1.807, 2.05) is 0 Å². The minimum absolute atomic E-state index is 0.212. The van der Waals surface area contributed by atoms with Crippen LogP contribution in [-0.4, -0.2) is 63.3 Å². The largest absolute Gasteiger partial charge is 0.382 e. The van der Waals surface area contributed by atoms with Crippen molar-refractivity contribution in [3.8, 4) is 22.6 Å². The molecule has 8 nitrogen and oxygen atoms in total. The van der Waals surface area contributed by atoms with Gasteiger partial charge in [0.1, 0.15) is 17.1 Å². The number of benzene rings is 1. The van der Waals surface area contributed by atoms with Crippen LogP contribution in [0.25, 0.3) is 22.6 Å². The lowest BCUT2D eigenvalue weighted by atomic mass is 9.92. The second kappa shape index (κ2) is 7.79. The Morgan fingerprint density at radius 3 is 2.57 bits per heavy atom. The Bertz CT molecular complexity index is 1110. The molecule has 0 saturated heterocycles. The number of rotatable bonds is 3. The number of carbonyl (C=O) groups excluding carboxylic acids is 1. The molecular formula is C22H25N7O. The molecule has 1 amide bonds. The Kier molecular flexibility index (Phi) is 5.17. The number of fused-ring (bicyclic) bond motifs is 1. The predicted molar refractivity (Wildman–Crippen MR) is 116 cm³/mol. The minimum Gasteiger partial charge on any atom is -0.382 e. The van der Waals surface area contributed by atoms with Crippen LogP contribution in [0, 0.1) is 6.92 Å². The van der Waals surface area contributed by atoms with Gasteiger partial charge >= 0.3 is 0 Å². The van der Waals surface area contributed by atoms with Crippen LogP contribution in [0.2, 0.25) is 0 Å². The number of nitrogens with zero attached hydrogens (tertiary/aromatic N) is 6. The average Bonchev–Trinajstić information content (AvgIpc) is 2.73. The summed E-state index contributed by atoms with van der Waals surface area (Å²) < 4.78 is 0. The molecule has 30 heavy (non-hydrogen) atoms. The molecule has 8 heteroatoms. The Morgan fingerprint density at radius 2 is 1.87 bits per heavy atom. The van der Waals surface area contributed by atoms with Gasteiger partial charge in [0.05, 0.1) is 24.3 Å². The van der Waals surface area contributed by atoms with Crippen LogP contribution in [0.3, 0.4) is 0 Å². The summed E-state index contributed by atoms with van der Waals surface area (Å²) in [6.07, 6.45) is 5.69. The van der Waals surface area contributed by atoms with Crippen molar-refractivity contribution in [1.29, 1.82) is 0 Å². The number of amides is 1. The van der Waals surface area contributed by atoms with Gasteiger partial charge in [-0.1, -0.05) is 0 Å². The van der Waals surface area contributed by atoms with Gasteiger partial charge in [0, 0.05) is 32.7 Å². The Hall–Kier alpha value is -3.39. The molecule has 1 aliphatic heterocycles. The van der Waals surface area contributed by atoms with Crippen molar-refractivity contribution in [1.82, 2.24) is 29.7 Å². The summed E-state index contributed by atoms with van der Waals surface area (Å²) in [6, 6.07) is 4.34. The first kappa shape index (κ1) is 19.9. The van der Waals surface area contributed by atoms with E-state index in [2.05, 4.69) is 46.0 Å². The first-order valence-corrected chi connectivity index (χ1v) is 9.81. The van der Waals surface area contributed by atoms with E-state index in [0.717, 1.165) is 30.8 Å². The maximum absolute atomic E-state index is 12.0. The fourth-order valence-corrected chi connectivity index (χ4v) is 3.73. The highest BCUT2D eigenvalue weighted by atomic mass is 16.2. The monoisotopic (exact) mass is 403 g/mol. The predicted octanol–water partition coefficient (Wildman–Crippen LogP) is 2.18. The normalized spacial score (nSPS) is 13.7. The quantitative estimate of drug-likeness (QED) is 0.715. The molecule has 0 aliphatic carbocycles. The number of nitrogen functional groups attached to an aromatic ring is 1. The number of aryl methyl sites for hydroxylation is 1. The molecule has 0 unspecified atom stereocenters. The highest BCUT2D eigenvalue weighted by Gasteiger charge is 2.18. The van der Waals surface area contributed by atoms with Crippen LogP contribution >= 0.6 is 0 Å². The van der Waals surface area contributed by atoms with Crippen molar-refractivity contribution < 1.29 is 4.79 Å². The first-order valence-electron chi connectivity index (χ1n) is 9.81. The van der Waals surface area contributed by atoms with Gasteiger partial charge in [-0.05, 0) is 49.2 Å². The topological polar surface area (TPSA) is 101 Å². The standard InChI is InChI=1S/C22H25N7O/c1-13-7-14(8-15-12-29(4)6-5-16(13)15)17-9-26-21(23)20(27-17)18-10-25-19(11-24-18)22(30)28(2)3/h7-11H,5-6,12H2,1-4H3,(H2,23,26). The highest BCUT2D eigenvalue weighted by molar-refractivity contribution is 5.91. The molecule has 2 N–H and O–H groups in total. The van der Waals surface area contributed by atoms with Crippen molar-refractivity contribution in [3.05, 3.63) is 53.1 Å². The number of hydrogen-bond donors (Lipinski definition) is 1. The minimum atomic E-state index is -0.212. The van der Waals surface area contributed by atoms with Crippen molar-refractivity contribution >= 4 is 11.7 Å². The van der Waals surface area contributed by atoms with Gasteiger partial charge in [-0.2, -0.15) is 0 Å². The summed E-state index contributed by atoms with van der Waals surface area (Å²) in [5, 5.41) is 0. The van der Waals surface area contributed by atoms with Gasteiger partial charge in [0.2, 0.25) is 0 Å². The molecule has 0 fully saturated rings. The van der Waals surface area contributed by atoms with Crippen LogP contribution in [0.5, 0.6) is 0 Å². The van der Waals surface area contributed by atoms with Crippen molar-refractivity contribution in [2.24, 2.45) is 0 Å². The molecule has 0 saturated carbocycles. The summed E-state index contributed by atoms with van der Waals surface area (Å²) in [7, 11) is 5.47. The van der Waals surface area contributed by atoms with Gasteiger partial charge in [-0.3, -0.25) is 9.78 Å². The molecule has 0 atom stereocenters. The number of hydrogen-bond acceptors (Lipinski definition) is 7. The number of likely N-dealkylation sites (N-methyl/N-ethyl adjacent to an activating group) is 1. The molecule has 154 valence electrons. The van der Waals surface area contributed by atoms with Crippen LogP contribution < -0.4 is 5.73 Å². The van der Waals surface area contributed by atoms with Gasteiger partial charge in [0.25, 0.3) is 5.91 Å². The van der Waals surface area contributed by atoms with E-state index in [9.17, 15) is 4.79 Å². The van der Waals surface area contributed by atoms with E-state index in [4.69, 9.17) is 10.7 Å². The van der Waals surface area contributed by atoms with Crippen molar-refractivity contribution in [3.63, 3.8) is 0 Å². The maximum Gasteiger partial charge on any atom is 0.273 e. The molecule has 0 bridgehead atoms.